The number of hydrogen-bond acceptors (Lipinski definition) is 2. The van der Waals surface area contributed by atoms with Gasteiger partial charge < -0.3 is 10.0 Å². The molecule has 1 aliphatic heterocycles. The summed E-state index contributed by atoms with van der Waals surface area (Å²) in [5.41, 5.74) is 0.182. The zero-order valence-electron chi connectivity index (χ0n) is 11.6. The molecule has 1 aromatic carbocycles. The Bertz CT molecular complexity index is 558. The highest BCUT2D eigenvalue weighted by atomic mass is 35.5. The molecule has 4 nitrogen and oxygen atoms in total. The van der Waals surface area contributed by atoms with Gasteiger partial charge >= 0.3 is 5.97 Å². The van der Waals surface area contributed by atoms with Gasteiger partial charge in [0.05, 0.1) is 10.6 Å². The lowest BCUT2D eigenvalue weighted by atomic mass is 9.87. The van der Waals surface area contributed by atoms with E-state index in [0.717, 1.165) is 18.4 Å². The van der Waals surface area contributed by atoms with Gasteiger partial charge in [-0.25, -0.2) is 4.79 Å². The van der Waals surface area contributed by atoms with Crippen molar-refractivity contribution >= 4 is 23.5 Å². The number of carbonyl (C=O) groups is 2. The molecule has 1 aliphatic rings. The summed E-state index contributed by atoms with van der Waals surface area (Å²) in [6.45, 7) is 3.95. The first-order chi connectivity index (χ1) is 9.36. The number of aliphatic carboxylic acids is 1. The van der Waals surface area contributed by atoms with Gasteiger partial charge in [0.25, 0.3) is 5.91 Å². The van der Waals surface area contributed by atoms with Crippen LogP contribution in [-0.2, 0) is 4.79 Å². The molecular formula is C15H18ClNO3. The second kappa shape index (κ2) is 5.44. The fraction of sp³-hybridized carbons (Fsp3) is 0.467. The lowest BCUT2D eigenvalue weighted by Gasteiger charge is -2.41. The molecule has 0 spiro atoms. The van der Waals surface area contributed by atoms with E-state index >= 15 is 0 Å². The minimum Gasteiger partial charge on any atom is -0.480 e. The zero-order valence-corrected chi connectivity index (χ0v) is 12.4. The Balaban J connectivity index is 2.37. The van der Waals surface area contributed by atoms with Crippen molar-refractivity contribution in [3.8, 4) is 0 Å². The number of carboxylic acids is 1. The normalized spacial score (nSPS) is 22.6. The summed E-state index contributed by atoms with van der Waals surface area (Å²) >= 11 is 6.12. The predicted octanol–water partition coefficient (Wildman–Crippen LogP) is 3.12. The summed E-state index contributed by atoms with van der Waals surface area (Å²) in [5.74, 6) is -1.27. The number of rotatable bonds is 2. The standard InChI is InChI=1S/C15H18ClNO3/c1-10-5-6-11(12(16)9-10)13(18)17-8-4-3-7-15(17,2)14(19)20/h5-6,9H,3-4,7-8H2,1-2H3,(H,19,20). The highest BCUT2D eigenvalue weighted by Gasteiger charge is 2.44. The number of nitrogens with zero attached hydrogens (tertiary/aromatic N) is 1. The van der Waals surface area contributed by atoms with Crippen LogP contribution in [0.1, 0.15) is 42.1 Å². The van der Waals surface area contributed by atoms with E-state index in [1.54, 1.807) is 25.1 Å². The fourth-order valence-corrected chi connectivity index (χ4v) is 2.92. The van der Waals surface area contributed by atoms with E-state index in [-0.39, 0.29) is 5.91 Å². The molecule has 0 aromatic heterocycles. The molecule has 5 heteroatoms. The summed E-state index contributed by atoms with van der Waals surface area (Å²) in [5, 5.41) is 9.82. The number of halogens is 1. The monoisotopic (exact) mass is 295 g/mol. The van der Waals surface area contributed by atoms with E-state index in [9.17, 15) is 14.7 Å². The molecule has 1 N–H and O–H groups in total. The molecule has 20 heavy (non-hydrogen) atoms. The van der Waals surface area contributed by atoms with Gasteiger partial charge in [0, 0.05) is 6.54 Å². The Labute approximate surface area is 123 Å². The van der Waals surface area contributed by atoms with Crippen molar-refractivity contribution in [1.82, 2.24) is 4.90 Å². The van der Waals surface area contributed by atoms with E-state index in [1.165, 1.54) is 4.90 Å². The molecule has 1 fully saturated rings. The molecule has 1 aromatic rings. The van der Waals surface area contributed by atoms with Crippen LogP contribution in [0, 0.1) is 6.92 Å². The lowest BCUT2D eigenvalue weighted by Crippen LogP contribution is -2.57. The van der Waals surface area contributed by atoms with Gasteiger partial charge in [0.2, 0.25) is 0 Å². The first kappa shape index (κ1) is 14.9. The van der Waals surface area contributed by atoms with Gasteiger partial charge in [-0.3, -0.25) is 4.79 Å². The summed E-state index contributed by atoms with van der Waals surface area (Å²) in [6, 6.07) is 5.19. The summed E-state index contributed by atoms with van der Waals surface area (Å²) in [6.07, 6.45) is 2.10. The van der Waals surface area contributed by atoms with Crippen LogP contribution in [-0.4, -0.2) is 34.0 Å². The molecule has 1 heterocycles. The third-order valence-corrected chi connectivity index (χ3v) is 4.26. The van der Waals surface area contributed by atoms with Gasteiger partial charge in [-0.15, -0.1) is 0 Å². The van der Waals surface area contributed by atoms with Crippen LogP contribution < -0.4 is 0 Å². The van der Waals surface area contributed by atoms with Crippen molar-refractivity contribution in [3.63, 3.8) is 0 Å². The van der Waals surface area contributed by atoms with Crippen molar-refractivity contribution in [2.75, 3.05) is 6.54 Å². The molecule has 1 atom stereocenters. The Kier molecular flexibility index (Phi) is 4.04. The third-order valence-electron chi connectivity index (χ3n) is 3.95. The van der Waals surface area contributed by atoms with Gasteiger partial charge in [0.1, 0.15) is 5.54 Å². The Morgan fingerprint density at radius 2 is 2.05 bits per heavy atom. The Morgan fingerprint density at radius 1 is 1.35 bits per heavy atom. The maximum absolute atomic E-state index is 12.6. The smallest absolute Gasteiger partial charge is 0.329 e. The van der Waals surface area contributed by atoms with Crippen molar-refractivity contribution in [2.24, 2.45) is 0 Å². The van der Waals surface area contributed by atoms with E-state index < -0.39 is 11.5 Å². The minimum absolute atomic E-state index is 0.306. The Hall–Kier alpha value is -1.55. The quantitative estimate of drug-likeness (QED) is 0.912. The third kappa shape index (κ3) is 2.52. The number of piperidine rings is 1. The molecule has 1 amide bonds. The molecule has 0 bridgehead atoms. The highest BCUT2D eigenvalue weighted by Crippen LogP contribution is 2.31. The van der Waals surface area contributed by atoms with E-state index in [0.29, 0.717) is 23.6 Å². The van der Waals surface area contributed by atoms with Crippen LogP contribution in [0.4, 0.5) is 0 Å². The van der Waals surface area contributed by atoms with Crippen molar-refractivity contribution in [3.05, 3.63) is 34.3 Å². The van der Waals surface area contributed by atoms with Gasteiger partial charge in [-0.05, 0) is 50.8 Å². The van der Waals surface area contributed by atoms with Crippen molar-refractivity contribution in [1.29, 1.82) is 0 Å². The maximum Gasteiger partial charge on any atom is 0.329 e. The SMILES string of the molecule is Cc1ccc(C(=O)N2CCCCC2(C)C(=O)O)c(Cl)c1. The van der Waals surface area contributed by atoms with Gasteiger partial charge in [-0.2, -0.15) is 0 Å². The second-order valence-corrected chi connectivity index (χ2v) is 5.88. The van der Waals surface area contributed by atoms with Crippen LogP contribution in [0.5, 0.6) is 0 Å². The van der Waals surface area contributed by atoms with Crippen LogP contribution in [0.2, 0.25) is 5.02 Å². The average molecular weight is 296 g/mol. The zero-order chi connectivity index (χ0) is 14.9. The van der Waals surface area contributed by atoms with Crippen molar-refractivity contribution < 1.29 is 14.7 Å². The average Bonchev–Trinajstić information content (AvgIpc) is 2.38. The number of aryl methyl sites for hydroxylation is 1. The number of carbonyl (C=O) groups excluding carboxylic acids is 1. The topological polar surface area (TPSA) is 57.6 Å². The summed E-state index contributed by atoms with van der Waals surface area (Å²) in [4.78, 5) is 25.6. The predicted molar refractivity (Wildman–Crippen MR) is 77.1 cm³/mol. The number of benzene rings is 1. The van der Waals surface area contributed by atoms with E-state index in [4.69, 9.17) is 11.6 Å². The lowest BCUT2D eigenvalue weighted by molar-refractivity contribution is -0.150. The van der Waals surface area contributed by atoms with Crippen LogP contribution >= 0.6 is 11.6 Å². The number of likely N-dealkylation sites (tertiary alicyclic amines) is 1. The molecule has 1 unspecified atom stereocenters. The number of amides is 1. The van der Waals surface area contributed by atoms with Gasteiger partial charge in [-0.1, -0.05) is 17.7 Å². The maximum atomic E-state index is 12.6. The summed E-state index contributed by atoms with van der Waals surface area (Å²) in [7, 11) is 0. The molecule has 0 aliphatic carbocycles. The molecule has 0 radical (unpaired) electrons. The Morgan fingerprint density at radius 3 is 2.65 bits per heavy atom. The molecular weight excluding hydrogens is 278 g/mol. The van der Waals surface area contributed by atoms with E-state index in [2.05, 4.69) is 0 Å². The van der Waals surface area contributed by atoms with Crippen LogP contribution in [0.3, 0.4) is 0 Å². The minimum atomic E-state index is -1.15. The molecule has 2 rings (SSSR count). The first-order valence-electron chi connectivity index (χ1n) is 6.68. The number of carboxylic acid groups (broad SMARTS) is 1. The number of hydrogen-bond donors (Lipinski definition) is 1. The van der Waals surface area contributed by atoms with Crippen LogP contribution in [0.15, 0.2) is 18.2 Å². The van der Waals surface area contributed by atoms with Gasteiger partial charge in [0.15, 0.2) is 0 Å². The summed E-state index contributed by atoms with van der Waals surface area (Å²) < 4.78 is 0. The van der Waals surface area contributed by atoms with Crippen LogP contribution in [0.25, 0.3) is 0 Å². The highest BCUT2D eigenvalue weighted by molar-refractivity contribution is 6.34. The largest absolute Gasteiger partial charge is 0.480 e. The van der Waals surface area contributed by atoms with Crippen molar-refractivity contribution in [2.45, 2.75) is 38.6 Å². The second-order valence-electron chi connectivity index (χ2n) is 5.48. The molecule has 0 saturated carbocycles. The molecule has 1 saturated heterocycles. The van der Waals surface area contributed by atoms with E-state index in [1.807, 2.05) is 6.92 Å². The fourth-order valence-electron chi connectivity index (χ4n) is 2.61. The first-order valence-corrected chi connectivity index (χ1v) is 7.05. The molecule has 108 valence electrons.